The highest BCUT2D eigenvalue weighted by Gasteiger charge is 2.18. The zero-order valence-electron chi connectivity index (χ0n) is 24.4. The molecule has 5 rings (SSSR count). The van der Waals surface area contributed by atoms with Crippen LogP contribution in [0.3, 0.4) is 0 Å². The molecule has 9 nitrogen and oxygen atoms in total. The minimum absolute atomic E-state index is 0.0499. The highest BCUT2D eigenvalue weighted by atomic mass is 16.5. The van der Waals surface area contributed by atoms with Crippen LogP contribution in [0.2, 0.25) is 0 Å². The summed E-state index contributed by atoms with van der Waals surface area (Å²) in [5.74, 6) is 0.325. The second-order valence-electron chi connectivity index (χ2n) is 10.1. The Bertz CT molecular complexity index is 1730. The van der Waals surface area contributed by atoms with E-state index in [-0.39, 0.29) is 38.6 Å². The molecule has 1 aromatic heterocycles. The van der Waals surface area contributed by atoms with Crippen LogP contribution in [0.1, 0.15) is 33.6 Å². The molecule has 0 spiro atoms. The van der Waals surface area contributed by atoms with Gasteiger partial charge < -0.3 is 24.2 Å². The lowest BCUT2D eigenvalue weighted by Gasteiger charge is -2.23. The number of rotatable bonds is 14. The van der Waals surface area contributed by atoms with E-state index in [0.717, 1.165) is 22.2 Å². The van der Waals surface area contributed by atoms with Crippen LogP contribution < -0.4 is 14.2 Å². The van der Waals surface area contributed by atoms with Crippen LogP contribution in [-0.2, 0) is 17.9 Å². The Balaban J connectivity index is 1.20. The lowest BCUT2D eigenvalue weighted by atomic mass is 10.1. The van der Waals surface area contributed by atoms with Gasteiger partial charge in [-0.2, -0.15) is 0 Å². The number of aromatic nitrogens is 2. The van der Waals surface area contributed by atoms with Gasteiger partial charge in [-0.1, -0.05) is 60.7 Å². The summed E-state index contributed by atoms with van der Waals surface area (Å²) in [5, 5.41) is 9.32. The number of carboxylic acid groups (broad SMARTS) is 1. The molecule has 0 bridgehead atoms. The van der Waals surface area contributed by atoms with E-state index in [1.165, 1.54) is 4.90 Å². The van der Waals surface area contributed by atoms with E-state index in [4.69, 9.17) is 14.2 Å². The lowest BCUT2D eigenvalue weighted by Crippen LogP contribution is -2.32. The number of carbonyl (C=O) groups is 2. The van der Waals surface area contributed by atoms with Crippen LogP contribution in [0.5, 0.6) is 17.4 Å². The largest absolute Gasteiger partial charge is 0.490 e. The van der Waals surface area contributed by atoms with Gasteiger partial charge in [0, 0.05) is 18.7 Å². The third-order valence-electron chi connectivity index (χ3n) is 6.78. The van der Waals surface area contributed by atoms with Crippen LogP contribution in [0, 0.1) is 6.92 Å². The van der Waals surface area contributed by atoms with E-state index in [0.29, 0.717) is 35.2 Å². The number of carbonyl (C=O) groups excluding carboxylic acids is 1. The van der Waals surface area contributed by atoms with Crippen molar-refractivity contribution < 1.29 is 28.9 Å². The number of aryl methyl sites for hydroxylation is 1. The van der Waals surface area contributed by atoms with Gasteiger partial charge in [0.15, 0.2) is 0 Å². The molecule has 1 heterocycles. The summed E-state index contributed by atoms with van der Waals surface area (Å²) >= 11 is 0. The number of benzene rings is 4. The van der Waals surface area contributed by atoms with Crippen molar-refractivity contribution in [1.82, 2.24) is 14.9 Å². The van der Waals surface area contributed by atoms with Gasteiger partial charge in [0.25, 0.3) is 5.91 Å². The average molecular weight is 592 g/mol. The molecule has 0 aliphatic rings. The summed E-state index contributed by atoms with van der Waals surface area (Å²) in [6.45, 7) is 2.99. The SMILES string of the molecule is Cc1nc2ccccc2nc1OCCOc1cccc(C(=O)N(CCC(=O)O)Cc2cccc(OCc3ccccc3)c2)c1. The number of ether oxygens (including phenoxy) is 3. The van der Waals surface area contributed by atoms with Gasteiger partial charge in [0.05, 0.1) is 17.5 Å². The number of para-hydroxylation sites is 2. The van der Waals surface area contributed by atoms with Crippen LogP contribution in [0.25, 0.3) is 11.0 Å². The average Bonchev–Trinajstić information content (AvgIpc) is 3.04. The van der Waals surface area contributed by atoms with E-state index in [2.05, 4.69) is 9.97 Å². The summed E-state index contributed by atoms with van der Waals surface area (Å²) in [6.07, 6.45) is -0.180. The Morgan fingerprint density at radius 3 is 2.16 bits per heavy atom. The highest BCUT2D eigenvalue weighted by molar-refractivity contribution is 5.94. The van der Waals surface area contributed by atoms with Crippen molar-refractivity contribution >= 4 is 22.9 Å². The van der Waals surface area contributed by atoms with Gasteiger partial charge in [-0.15, -0.1) is 0 Å². The van der Waals surface area contributed by atoms with Gasteiger partial charge in [-0.05, 0) is 60.5 Å². The van der Waals surface area contributed by atoms with Crippen LogP contribution in [0.4, 0.5) is 0 Å². The minimum atomic E-state index is -0.980. The fourth-order valence-corrected chi connectivity index (χ4v) is 4.59. The molecule has 4 aromatic carbocycles. The first-order valence-corrected chi connectivity index (χ1v) is 14.3. The molecule has 0 aliphatic heterocycles. The predicted molar refractivity (Wildman–Crippen MR) is 166 cm³/mol. The number of aliphatic carboxylic acids is 1. The summed E-state index contributed by atoms with van der Waals surface area (Å²) < 4.78 is 17.6. The molecule has 9 heteroatoms. The molecule has 0 saturated heterocycles. The van der Waals surface area contributed by atoms with Crippen LogP contribution in [0.15, 0.2) is 103 Å². The number of hydrogen-bond acceptors (Lipinski definition) is 7. The van der Waals surface area contributed by atoms with Gasteiger partial charge in [-0.3, -0.25) is 9.59 Å². The first kappa shape index (κ1) is 30.0. The Hall–Kier alpha value is -5.44. The molecule has 0 atom stereocenters. The molecular formula is C35H33N3O6. The zero-order chi connectivity index (χ0) is 30.7. The second kappa shape index (κ2) is 14.6. The summed E-state index contributed by atoms with van der Waals surface area (Å²) in [4.78, 5) is 35.5. The fourth-order valence-electron chi connectivity index (χ4n) is 4.59. The molecule has 44 heavy (non-hydrogen) atoms. The van der Waals surface area contributed by atoms with Gasteiger partial charge >= 0.3 is 5.97 Å². The van der Waals surface area contributed by atoms with Crippen molar-refractivity contribution in [2.24, 2.45) is 0 Å². The quantitative estimate of drug-likeness (QED) is 0.154. The van der Waals surface area contributed by atoms with Gasteiger partial charge in [-0.25, -0.2) is 9.97 Å². The zero-order valence-corrected chi connectivity index (χ0v) is 24.4. The minimum Gasteiger partial charge on any atom is -0.490 e. The Labute approximate surface area is 255 Å². The molecule has 224 valence electrons. The Morgan fingerprint density at radius 2 is 1.39 bits per heavy atom. The Morgan fingerprint density at radius 1 is 0.727 bits per heavy atom. The summed E-state index contributed by atoms with van der Waals surface area (Å²) in [5.41, 5.74) is 4.50. The van der Waals surface area contributed by atoms with Crippen molar-refractivity contribution in [3.8, 4) is 17.4 Å². The Kier molecular flexibility index (Phi) is 9.99. The monoisotopic (exact) mass is 591 g/mol. The molecule has 1 amide bonds. The molecule has 0 fully saturated rings. The van der Waals surface area contributed by atoms with E-state index in [1.807, 2.05) is 85.8 Å². The van der Waals surface area contributed by atoms with Crippen LogP contribution in [-0.4, -0.2) is 51.6 Å². The molecule has 0 unspecified atom stereocenters. The molecule has 0 aliphatic carbocycles. The number of carboxylic acids is 1. The van der Waals surface area contributed by atoms with Crippen molar-refractivity contribution in [2.75, 3.05) is 19.8 Å². The van der Waals surface area contributed by atoms with Gasteiger partial charge in [0.2, 0.25) is 5.88 Å². The first-order chi connectivity index (χ1) is 21.4. The number of amides is 1. The van der Waals surface area contributed by atoms with Crippen molar-refractivity contribution in [3.05, 3.63) is 126 Å². The van der Waals surface area contributed by atoms with Crippen molar-refractivity contribution in [1.29, 1.82) is 0 Å². The number of fused-ring (bicyclic) bond motifs is 1. The van der Waals surface area contributed by atoms with E-state index < -0.39 is 5.97 Å². The molecule has 5 aromatic rings. The number of hydrogen-bond donors (Lipinski definition) is 1. The summed E-state index contributed by atoms with van der Waals surface area (Å²) in [7, 11) is 0. The smallest absolute Gasteiger partial charge is 0.305 e. The summed E-state index contributed by atoms with van der Waals surface area (Å²) in [6, 6.07) is 31.7. The first-order valence-electron chi connectivity index (χ1n) is 14.3. The lowest BCUT2D eigenvalue weighted by molar-refractivity contribution is -0.137. The topological polar surface area (TPSA) is 111 Å². The predicted octanol–water partition coefficient (Wildman–Crippen LogP) is 6.09. The fraction of sp³-hybridized carbons (Fsp3) is 0.200. The van der Waals surface area contributed by atoms with Crippen molar-refractivity contribution in [3.63, 3.8) is 0 Å². The maximum atomic E-state index is 13.6. The maximum absolute atomic E-state index is 13.6. The second-order valence-corrected chi connectivity index (χ2v) is 10.1. The van der Waals surface area contributed by atoms with Crippen molar-refractivity contribution in [2.45, 2.75) is 26.5 Å². The normalized spacial score (nSPS) is 10.8. The third-order valence-corrected chi connectivity index (χ3v) is 6.78. The molecular weight excluding hydrogens is 558 g/mol. The van der Waals surface area contributed by atoms with E-state index in [9.17, 15) is 14.7 Å². The molecule has 0 radical (unpaired) electrons. The van der Waals surface area contributed by atoms with E-state index >= 15 is 0 Å². The third kappa shape index (κ3) is 8.32. The molecule has 1 N–H and O–H groups in total. The highest BCUT2D eigenvalue weighted by Crippen LogP contribution is 2.21. The van der Waals surface area contributed by atoms with E-state index in [1.54, 1.807) is 24.3 Å². The van der Waals surface area contributed by atoms with Crippen LogP contribution >= 0.6 is 0 Å². The van der Waals surface area contributed by atoms with Gasteiger partial charge in [0.1, 0.15) is 37.0 Å². The standard InChI is InChI=1S/C35H33N3O6/c1-25-34(37-32-16-6-5-15-31(32)36-25)43-20-19-42-30-14-8-12-28(22-30)35(41)38(18-17-33(39)40)23-27-11-7-13-29(21-27)44-24-26-9-3-2-4-10-26/h2-16,21-22H,17-20,23-24H2,1H3,(H,39,40). The number of nitrogens with zero attached hydrogens (tertiary/aromatic N) is 3. The molecule has 0 saturated carbocycles. The maximum Gasteiger partial charge on any atom is 0.305 e.